The third kappa shape index (κ3) is 4.55. The number of carbonyl (C=O) groups is 2. The van der Waals surface area contributed by atoms with Crippen molar-refractivity contribution in [2.75, 3.05) is 18.1 Å². The summed E-state index contributed by atoms with van der Waals surface area (Å²) in [4.78, 5) is 27.3. The lowest BCUT2D eigenvalue weighted by Gasteiger charge is -2.15. The van der Waals surface area contributed by atoms with E-state index in [1.54, 1.807) is 24.2 Å². The van der Waals surface area contributed by atoms with E-state index in [1.807, 2.05) is 12.1 Å². The number of hydrogen-bond acceptors (Lipinski definition) is 4. The normalized spacial score (nSPS) is 19.4. The lowest BCUT2D eigenvalue weighted by atomic mass is 10.2. The molecule has 0 saturated carbocycles. The van der Waals surface area contributed by atoms with E-state index < -0.39 is 6.04 Å². The van der Waals surface area contributed by atoms with Gasteiger partial charge in [-0.05, 0) is 24.1 Å². The molecule has 1 aromatic rings. The molecule has 2 amide bonds. The van der Waals surface area contributed by atoms with Crippen LogP contribution in [0.4, 0.5) is 0 Å². The van der Waals surface area contributed by atoms with Gasteiger partial charge in [0.25, 0.3) is 0 Å². The van der Waals surface area contributed by atoms with E-state index in [4.69, 9.17) is 0 Å². The molecule has 5 nitrogen and oxygen atoms in total. The van der Waals surface area contributed by atoms with Crippen molar-refractivity contribution in [3.8, 4) is 0 Å². The number of carbonyl (C=O) groups excluding carboxylic acids is 2. The second-order valence-electron chi connectivity index (χ2n) is 4.34. The van der Waals surface area contributed by atoms with Gasteiger partial charge in [-0.1, -0.05) is 0 Å². The first kappa shape index (κ1) is 13.9. The Kier molecular flexibility index (Phi) is 5.20. The predicted molar refractivity (Wildman–Crippen MR) is 74.8 cm³/mol. The lowest BCUT2D eigenvalue weighted by Crippen LogP contribution is -2.47. The zero-order chi connectivity index (χ0) is 13.5. The largest absolute Gasteiger partial charge is 0.354 e. The monoisotopic (exact) mass is 279 g/mol. The van der Waals surface area contributed by atoms with Crippen LogP contribution in [0.15, 0.2) is 24.5 Å². The Morgan fingerprint density at radius 2 is 2.26 bits per heavy atom. The van der Waals surface area contributed by atoms with Crippen molar-refractivity contribution < 1.29 is 9.59 Å². The van der Waals surface area contributed by atoms with Crippen LogP contribution in [0.5, 0.6) is 0 Å². The molecule has 2 rings (SSSR count). The molecule has 1 atom stereocenters. The fourth-order valence-corrected chi connectivity index (χ4v) is 2.78. The Hall–Kier alpha value is -1.56. The molecule has 102 valence electrons. The van der Waals surface area contributed by atoms with Gasteiger partial charge in [0.2, 0.25) is 11.8 Å². The number of nitrogens with one attached hydrogen (secondary N) is 2. The molecule has 1 aliphatic rings. The number of amides is 2. The maximum atomic E-state index is 11.9. The molecule has 0 bridgehead atoms. The summed E-state index contributed by atoms with van der Waals surface area (Å²) in [6.45, 7) is 0.569. The highest BCUT2D eigenvalue weighted by Crippen LogP contribution is 2.09. The molecule has 19 heavy (non-hydrogen) atoms. The summed E-state index contributed by atoms with van der Waals surface area (Å²) in [6, 6.07) is 3.45. The maximum absolute atomic E-state index is 11.9. The van der Waals surface area contributed by atoms with Crippen LogP contribution in [0, 0.1) is 0 Å². The molecule has 1 aliphatic heterocycles. The molecule has 1 saturated heterocycles. The molecule has 0 aromatic carbocycles. The van der Waals surface area contributed by atoms with E-state index in [-0.39, 0.29) is 11.8 Å². The number of aromatic nitrogens is 1. The van der Waals surface area contributed by atoms with Crippen molar-refractivity contribution in [3.63, 3.8) is 0 Å². The smallest absolute Gasteiger partial charge is 0.243 e. The Morgan fingerprint density at radius 3 is 3.05 bits per heavy atom. The van der Waals surface area contributed by atoms with Crippen molar-refractivity contribution >= 4 is 23.6 Å². The Morgan fingerprint density at radius 1 is 1.47 bits per heavy atom. The summed E-state index contributed by atoms with van der Waals surface area (Å²) in [5.74, 6) is 1.29. The second kappa shape index (κ2) is 7.13. The highest BCUT2D eigenvalue weighted by molar-refractivity contribution is 7.99. The van der Waals surface area contributed by atoms with Gasteiger partial charge >= 0.3 is 0 Å². The summed E-state index contributed by atoms with van der Waals surface area (Å²) < 4.78 is 0. The first-order valence-electron chi connectivity index (χ1n) is 6.29. The molecular formula is C13H17N3O2S. The van der Waals surface area contributed by atoms with E-state index in [2.05, 4.69) is 15.6 Å². The number of pyridine rings is 1. The summed E-state index contributed by atoms with van der Waals surface area (Å²) in [5, 5.41) is 5.61. The van der Waals surface area contributed by atoms with E-state index in [0.717, 1.165) is 17.7 Å². The zero-order valence-corrected chi connectivity index (χ0v) is 11.4. The minimum absolute atomic E-state index is 0.0423. The quantitative estimate of drug-likeness (QED) is 0.835. The van der Waals surface area contributed by atoms with E-state index in [9.17, 15) is 9.59 Å². The molecule has 0 radical (unpaired) electrons. The van der Waals surface area contributed by atoms with E-state index >= 15 is 0 Å². The third-order valence-corrected chi connectivity index (χ3v) is 3.93. The molecule has 0 spiro atoms. The maximum Gasteiger partial charge on any atom is 0.243 e. The van der Waals surface area contributed by atoms with Gasteiger partial charge in [0.1, 0.15) is 6.04 Å². The zero-order valence-electron chi connectivity index (χ0n) is 10.6. The van der Waals surface area contributed by atoms with Crippen LogP contribution in [-0.2, 0) is 16.0 Å². The van der Waals surface area contributed by atoms with Crippen LogP contribution in [0.3, 0.4) is 0 Å². The fraction of sp³-hybridized carbons (Fsp3) is 0.462. The van der Waals surface area contributed by atoms with Gasteiger partial charge in [0, 0.05) is 36.9 Å². The number of thioether (sulfide) groups is 1. The van der Waals surface area contributed by atoms with Gasteiger partial charge < -0.3 is 10.6 Å². The molecule has 0 aliphatic carbocycles. The van der Waals surface area contributed by atoms with Crippen LogP contribution < -0.4 is 10.6 Å². The molecule has 2 heterocycles. The third-order valence-electron chi connectivity index (χ3n) is 2.87. The average molecular weight is 279 g/mol. The second-order valence-corrected chi connectivity index (χ2v) is 5.49. The van der Waals surface area contributed by atoms with Crippen molar-refractivity contribution in [3.05, 3.63) is 30.1 Å². The van der Waals surface area contributed by atoms with Crippen LogP contribution in [0.2, 0.25) is 0 Å². The molecule has 2 N–H and O–H groups in total. The van der Waals surface area contributed by atoms with Gasteiger partial charge in [-0.2, -0.15) is 11.8 Å². The number of hydrogen-bond donors (Lipinski definition) is 2. The highest BCUT2D eigenvalue weighted by atomic mass is 32.2. The summed E-state index contributed by atoms with van der Waals surface area (Å²) in [5.41, 5.74) is 1.13. The Balaban J connectivity index is 1.76. The summed E-state index contributed by atoms with van der Waals surface area (Å²) in [7, 11) is 0. The minimum atomic E-state index is -0.405. The van der Waals surface area contributed by atoms with E-state index in [1.165, 1.54) is 0 Å². The number of nitrogens with zero attached hydrogens (tertiary/aromatic N) is 1. The Labute approximate surface area is 116 Å². The van der Waals surface area contributed by atoms with Crippen molar-refractivity contribution in [2.24, 2.45) is 0 Å². The Bertz CT molecular complexity index is 439. The van der Waals surface area contributed by atoms with Gasteiger partial charge in [-0.3, -0.25) is 14.6 Å². The molecule has 0 unspecified atom stereocenters. The highest BCUT2D eigenvalue weighted by Gasteiger charge is 2.22. The van der Waals surface area contributed by atoms with Gasteiger partial charge in [-0.25, -0.2) is 0 Å². The topological polar surface area (TPSA) is 71.1 Å². The van der Waals surface area contributed by atoms with Crippen LogP contribution in [0.25, 0.3) is 0 Å². The van der Waals surface area contributed by atoms with Crippen LogP contribution in [-0.4, -0.2) is 40.9 Å². The number of rotatable bonds is 4. The molecule has 6 heteroatoms. The fourth-order valence-electron chi connectivity index (χ4n) is 1.82. The standard InChI is InChI=1S/C13H17N3O2S/c17-12-4-8-19-9-11(16-12)13(18)15-7-3-10-1-5-14-6-2-10/h1-2,5-6,11H,3-4,7-9H2,(H,15,18)(H,16,17)/t11-/m0/s1. The summed E-state index contributed by atoms with van der Waals surface area (Å²) >= 11 is 1.63. The summed E-state index contributed by atoms with van der Waals surface area (Å²) in [6.07, 6.45) is 4.73. The predicted octanol–water partition coefficient (Wildman–Crippen LogP) is 0.362. The van der Waals surface area contributed by atoms with Crippen LogP contribution in [0.1, 0.15) is 12.0 Å². The molecule has 1 aromatic heterocycles. The molecule has 1 fully saturated rings. The van der Waals surface area contributed by atoms with E-state index in [0.29, 0.717) is 18.7 Å². The lowest BCUT2D eigenvalue weighted by molar-refractivity contribution is -0.128. The van der Waals surface area contributed by atoms with Crippen molar-refractivity contribution in [1.29, 1.82) is 0 Å². The van der Waals surface area contributed by atoms with Gasteiger partial charge in [-0.15, -0.1) is 0 Å². The van der Waals surface area contributed by atoms with Crippen molar-refractivity contribution in [1.82, 2.24) is 15.6 Å². The van der Waals surface area contributed by atoms with Crippen LogP contribution >= 0.6 is 11.8 Å². The molecular weight excluding hydrogens is 262 g/mol. The van der Waals surface area contributed by atoms with Gasteiger partial charge in [0.15, 0.2) is 0 Å². The van der Waals surface area contributed by atoms with Gasteiger partial charge in [0.05, 0.1) is 0 Å². The average Bonchev–Trinajstić information content (AvgIpc) is 2.64. The first-order chi connectivity index (χ1) is 9.25. The SMILES string of the molecule is O=C1CCSC[C@@H](C(=O)NCCc2ccncc2)N1. The minimum Gasteiger partial charge on any atom is -0.354 e. The first-order valence-corrected chi connectivity index (χ1v) is 7.45. The van der Waals surface area contributed by atoms with Crippen molar-refractivity contribution in [2.45, 2.75) is 18.9 Å².